The zero-order valence-electron chi connectivity index (χ0n) is 24.5. The largest absolute Gasteiger partial charge is 0.426 e. The van der Waals surface area contributed by atoms with Crippen LogP contribution in [0.3, 0.4) is 0 Å². The Hall–Kier alpha value is -4.26. The van der Waals surface area contributed by atoms with Gasteiger partial charge in [0.15, 0.2) is 0 Å². The number of benzene rings is 5. The van der Waals surface area contributed by atoms with Gasteiger partial charge in [-0.15, -0.1) is 6.58 Å². The number of carbonyl (C=O) groups excluding carboxylic acids is 1. The highest BCUT2D eigenvalue weighted by Gasteiger charge is 2.44. The highest BCUT2D eigenvalue weighted by atomic mass is 31.2. The van der Waals surface area contributed by atoms with Crippen LogP contribution in [0.1, 0.15) is 30.0 Å². The Labute approximate surface area is 251 Å². The van der Waals surface area contributed by atoms with Crippen LogP contribution in [0, 0.1) is 6.92 Å². The summed E-state index contributed by atoms with van der Waals surface area (Å²) in [6.45, 7) is 7.52. The number of carbonyl (C=O) groups is 1. The van der Waals surface area contributed by atoms with Gasteiger partial charge in [-0.3, -0.25) is 4.79 Å². The first-order chi connectivity index (χ1) is 20.5. The van der Waals surface area contributed by atoms with E-state index in [-0.39, 0.29) is 5.97 Å². The molecule has 0 aromatic heterocycles. The summed E-state index contributed by atoms with van der Waals surface area (Å²) >= 11 is 0. The van der Waals surface area contributed by atoms with Gasteiger partial charge in [0, 0.05) is 6.92 Å². The van der Waals surface area contributed by atoms with Crippen LogP contribution in [0.15, 0.2) is 140 Å². The SMILES string of the molecule is C=CCc1ccc(C)c(-c2ccc(OC(C)=O)c(CCC[P+](c3ccccc3)(c3ccccc3)c3ccccc3)c2)c1. The lowest BCUT2D eigenvalue weighted by atomic mass is 9.94. The van der Waals surface area contributed by atoms with Gasteiger partial charge in [-0.1, -0.05) is 84.9 Å². The van der Waals surface area contributed by atoms with E-state index >= 15 is 0 Å². The van der Waals surface area contributed by atoms with Gasteiger partial charge >= 0.3 is 5.97 Å². The summed E-state index contributed by atoms with van der Waals surface area (Å²) in [6, 6.07) is 45.8. The maximum Gasteiger partial charge on any atom is 0.308 e. The van der Waals surface area contributed by atoms with E-state index in [2.05, 4.69) is 135 Å². The second-order valence-electron chi connectivity index (χ2n) is 10.7. The highest BCUT2D eigenvalue weighted by Crippen LogP contribution is 2.56. The number of rotatable bonds is 11. The van der Waals surface area contributed by atoms with Crippen molar-refractivity contribution in [2.45, 2.75) is 33.1 Å². The molecule has 0 amide bonds. The van der Waals surface area contributed by atoms with E-state index in [1.807, 2.05) is 12.1 Å². The van der Waals surface area contributed by atoms with Crippen molar-refractivity contribution < 1.29 is 9.53 Å². The summed E-state index contributed by atoms with van der Waals surface area (Å²) in [5, 5.41) is 4.14. The third kappa shape index (κ3) is 6.46. The Kier molecular flexibility index (Phi) is 9.47. The first kappa shape index (κ1) is 29.2. The number of esters is 1. The van der Waals surface area contributed by atoms with Crippen LogP contribution in [0.25, 0.3) is 11.1 Å². The molecular formula is C39H38O2P+. The third-order valence-electron chi connectivity index (χ3n) is 7.84. The topological polar surface area (TPSA) is 26.3 Å². The van der Waals surface area contributed by atoms with Gasteiger partial charge in [-0.05, 0) is 103 Å². The van der Waals surface area contributed by atoms with Crippen molar-refractivity contribution in [1.29, 1.82) is 0 Å². The molecule has 0 bridgehead atoms. The van der Waals surface area contributed by atoms with Gasteiger partial charge in [0.25, 0.3) is 0 Å². The van der Waals surface area contributed by atoms with E-state index in [9.17, 15) is 4.79 Å². The van der Waals surface area contributed by atoms with E-state index < -0.39 is 7.26 Å². The minimum Gasteiger partial charge on any atom is -0.426 e. The van der Waals surface area contributed by atoms with Crippen molar-refractivity contribution in [3.8, 4) is 16.9 Å². The maximum absolute atomic E-state index is 12.1. The molecule has 0 spiro atoms. The van der Waals surface area contributed by atoms with E-state index in [1.54, 1.807) is 0 Å². The zero-order chi connectivity index (χ0) is 29.4. The summed E-state index contributed by atoms with van der Waals surface area (Å²) < 4.78 is 5.72. The van der Waals surface area contributed by atoms with Crippen molar-refractivity contribution in [2.24, 2.45) is 0 Å². The first-order valence-electron chi connectivity index (χ1n) is 14.6. The van der Waals surface area contributed by atoms with Crippen molar-refractivity contribution in [2.75, 3.05) is 6.16 Å². The van der Waals surface area contributed by atoms with E-state index in [0.29, 0.717) is 5.75 Å². The Bertz CT molecular complexity index is 1550. The average molecular weight is 570 g/mol. The van der Waals surface area contributed by atoms with Crippen LogP contribution in [0.2, 0.25) is 0 Å². The predicted molar refractivity (Wildman–Crippen MR) is 180 cm³/mol. The fraction of sp³-hybridized carbons (Fsp3) is 0.154. The normalized spacial score (nSPS) is 11.2. The van der Waals surface area contributed by atoms with Crippen LogP contribution >= 0.6 is 7.26 Å². The molecule has 5 aromatic rings. The van der Waals surface area contributed by atoms with Crippen molar-refractivity contribution >= 4 is 29.1 Å². The molecule has 0 unspecified atom stereocenters. The molecule has 5 aromatic carbocycles. The summed E-state index contributed by atoms with van der Waals surface area (Å²) in [5.74, 6) is 0.349. The molecule has 0 atom stereocenters. The smallest absolute Gasteiger partial charge is 0.308 e. The van der Waals surface area contributed by atoms with Gasteiger partial charge in [-0.2, -0.15) is 0 Å². The van der Waals surface area contributed by atoms with Crippen LogP contribution in [-0.2, 0) is 17.6 Å². The molecule has 0 fully saturated rings. The molecule has 0 aliphatic carbocycles. The van der Waals surface area contributed by atoms with E-state index in [0.717, 1.165) is 36.6 Å². The molecule has 0 saturated carbocycles. The van der Waals surface area contributed by atoms with Gasteiger partial charge in [0.05, 0.1) is 6.16 Å². The molecule has 0 heterocycles. The number of aryl methyl sites for hydroxylation is 2. The molecule has 0 N–H and O–H groups in total. The molecule has 42 heavy (non-hydrogen) atoms. The monoisotopic (exact) mass is 569 g/mol. The summed E-state index contributed by atoms with van der Waals surface area (Å²) in [7, 11) is -1.94. The van der Waals surface area contributed by atoms with Crippen molar-refractivity contribution in [3.05, 3.63) is 157 Å². The van der Waals surface area contributed by atoms with Gasteiger partial charge in [-0.25, -0.2) is 0 Å². The average Bonchev–Trinajstić information content (AvgIpc) is 3.02. The Balaban J connectivity index is 1.54. The summed E-state index contributed by atoms with van der Waals surface area (Å²) in [5.41, 5.74) is 5.85. The van der Waals surface area contributed by atoms with Crippen molar-refractivity contribution in [1.82, 2.24) is 0 Å². The number of allylic oxidation sites excluding steroid dienone is 1. The van der Waals surface area contributed by atoms with E-state index in [1.165, 1.54) is 39.5 Å². The number of hydrogen-bond acceptors (Lipinski definition) is 2. The third-order valence-corrected chi connectivity index (χ3v) is 12.4. The Morgan fingerprint density at radius 1 is 0.762 bits per heavy atom. The second kappa shape index (κ2) is 13.6. The predicted octanol–water partition coefficient (Wildman–Crippen LogP) is 8.24. The van der Waals surface area contributed by atoms with Gasteiger partial charge < -0.3 is 4.74 Å². The molecule has 5 rings (SSSR count). The lowest BCUT2D eigenvalue weighted by Crippen LogP contribution is -2.33. The fourth-order valence-electron chi connectivity index (χ4n) is 5.86. The zero-order valence-corrected chi connectivity index (χ0v) is 25.4. The summed E-state index contributed by atoms with van der Waals surface area (Å²) in [4.78, 5) is 12.1. The molecule has 2 nitrogen and oxygen atoms in total. The van der Waals surface area contributed by atoms with E-state index in [4.69, 9.17) is 4.74 Å². The lowest BCUT2D eigenvalue weighted by molar-refractivity contribution is -0.131. The maximum atomic E-state index is 12.1. The van der Waals surface area contributed by atoms with Crippen LogP contribution in [0.5, 0.6) is 5.75 Å². The van der Waals surface area contributed by atoms with Crippen LogP contribution in [0.4, 0.5) is 0 Å². The molecule has 0 saturated heterocycles. The highest BCUT2D eigenvalue weighted by molar-refractivity contribution is 7.95. The molecule has 0 aliphatic rings. The molecular weight excluding hydrogens is 531 g/mol. The number of ether oxygens (including phenoxy) is 1. The molecule has 0 radical (unpaired) electrons. The first-order valence-corrected chi connectivity index (χ1v) is 16.6. The number of hydrogen-bond donors (Lipinski definition) is 0. The van der Waals surface area contributed by atoms with Gasteiger partial charge in [0.2, 0.25) is 0 Å². The Morgan fingerprint density at radius 3 is 1.86 bits per heavy atom. The quantitative estimate of drug-likeness (QED) is 0.0693. The lowest BCUT2D eigenvalue weighted by Gasteiger charge is -2.28. The molecule has 3 heteroatoms. The minimum atomic E-state index is -1.94. The molecule has 0 aliphatic heterocycles. The van der Waals surface area contributed by atoms with Gasteiger partial charge in [0.1, 0.15) is 28.9 Å². The van der Waals surface area contributed by atoms with Crippen LogP contribution in [-0.4, -0.2) is 12.1 Å². The second-order valence-corrected chi connectivity index (χ2v) is 14.3. The Morgan fingerprint density at radius 2 is 1.33 bits per heavy atom. The standard InChI is InChI=1S/C39H38O2P/c1-4-15-32-24-23-30(2)38(28-32)33-25-26-39(41-31(3)40)34(29-33)16-14-27-42(35-17-8-5-9-18-35,36-19-10-6-11-20-36)37-21-12-7-13-22-37/h4-13,17-26,28-29H,1,14-16,27H2,2-3H3/q+1. The minimum absolute atomic E-state index is 0.298. The van der Waals surface area contributed by atoms with Crippen LogP contribution < -0.4 is 20.7 Å². The van der Waals surface area contributed by atoms with Crippen molar-refractivity contribution in [3.63, 3.8) is 0 Å². The molecule has 210 valence electrons. The summed E-state index contributed by atoms with van der Waals surface area (Å²) in [6.07, 6.45) is 5.51. The fourth-order valence-corrected chi connectivity index (χ4v) is 10.2.